The molecule has 3 aromatic rings. The standard InChI is InChI=1S/C41H56O5S2/c1-24-17-18-28(33(19-24)45-25(2)42)36(44)46-35-31(39(9,10)11)22-27(23-32(35)40(12,13)14)48-41(15,16)47-26-20-29(37(3,4)5)34(43)30(21-26)38(6,7)8/h17-23,43H,1-16H3. The summed E-state index contributed by atoms with van der Waals surface area (Å²) in [6, 6.07) is 13.7. The molecule has 0 fully saturated rings. The first-order valence-corrected chi connectivity index (χ1v) is 18.2. The maximum absolute atomic E-state index is 13.8. The number of rotatable bonds is 7. The van der Waals surface area contributed by atoms with Gasteiger partial charge >= 0.3 is 11.9 Å². The van der Waals surface area contributed by atoms with Crippen LogP contribution in [0.4, 0.5) is 0 Å². The molecule has 0 aliphatic carbocycles. The molecule has 0 aliphatic heterocycles. The third kappa shape index (κ3) is 9.84. The first-order chi connectivity index (χ1) is 21.6. The average molecular weight is 693 g/mol. The van der Waals surface area contributed by atoms with Gasteiger partial charge in [0.25, 0.3) is 0 Å². The van der Waals surface area contributed by atoms with E-state index in [0.29, 0.717) is 11.5 Å². The molecule has 0 aliphatic rings. The van der Waals surface area contributed by atoms with Crippen LogP contribution in [0.25, 0.3) is 0 Å². The van der Waals surface area contributed by atoms with Gasteiger partial charge in [0.05, 0.1) is 4.08 Å². The van der Waals surface area contributed by atoms with E-state index in [2.05, 4.69) is 121 Å². The Morgan fingerprint density at radius 2 is 1.00 bits per heavy atom. The molecule has 7 heteroatoms. The lowest BCUT2D eigenvalue weighted by Gasteiger charge is -2.32. The van der Waals surface area contributed by atoms with Crippen molar-refractivity contribution in [1.29, 1.82) is 0 Å². The van der Waals surface area contributed by atoms with Crippen LogP contribution in [-0.2, 0) is 26.5 Å². The minimum Gasteiger partial charge on any atom is -0.507 e. The van der Waals surface area contributed by atoms with E-state index in [9.17, 15) is 14.7 Å². The van der Waals surface area contributed by atoms with E-state index in [0.717, 1.165) is 37.6 Å². The van der Waals surface area contributed by atoms with Crippen LogP contribution in [0.1, 0.15) is 142 Å². The zero-order chi connectivity index (χ0) is 36.8. The lowest BCUT2D eigenvalue weighted by atomic mass is 9.79. The molecule has 5 nitrogen and oxygen atoms in total. The molecule has 0 radical (unpaired) electrons. The van der Waals surface area contributed by atoms with Crippen molar-refractivity contribution in [3.63, 3.8) is 0 Å². The van der Waals surface area contributed by atoms with E-state index in [1.165, 1.54) is 6.92 Å². The fraction of sp³-hybridized carbons (Fsp3) is 0.512. The van der Waals surface area contributed by atoms with Gasteiger partial charge < -0.3 is 14.6 Å². The van der Waals surface area contributed by atoms with Gasteiger partial charge in [0.15, 0.2) is 0 Å². The van der Waals surface area contributed by atoms with Crippen LogP contribution in [0.15, 0.2) is 52.3 Å². The summed E-state index contributed by atoms with van der Waals surface area (Å²) in [5, 5.41) is 11.3. The number of esters is 2. The number of carbonyl (C=O) groups is 2. The number of aryl methyl sites for hydroxylation is 1. The molecule has 3 aromatic carbocycles. The van der Waals surface area contributed by atoms with Crippen LogP contribution in [0.5, 0.6) is 17.2 Å². The first kappa shape index (κ1) is 39.5. The lowest BCUT2D eigenvalue weighted by molar-refractivity contribution is -0.131. The first-order valence-electron chi connectivity index (χ1n) is 16.6. The zero-order valence-electron chi connectivity index (χ0n) is 31.9. The summed E-state index contributed by atoms with van der Waals surface area (Å²) in [7, 11) is 0. The Morgan fingerprint density at radius 3 is 1.38 bits per heavy atom. The topological polar surface area (TPSA) is 72.8 Å². The average Bonchev–Trinajstić information content (AvgIpc) is 2.87. The largest absolute Gasteiger partial charge is 0.507 e. The molecule has 0 saturated heterocycles. The highest BCUT2D eigenvalue weighted by molar-refractivity contribution is 8.18. The number of benzene rings is 3. The van der Waals surface area contributed by atoms with Crippen LogP contribution < -0.4 is 9.47 Å². The van der Waals surface area contributed by atoms with Gasteiger partial charge in [-0.1, -0.05) is 89.2 Å². The molecule has 0 bridgehead atoms. The number of aromatic hydroxyl groups is 1. The molecular weight excluding hydrogens is 637 g/mol. The van der Waals surface area contributed by atoms with Crippen molar-refractivity contribution in [3.8, 4) is 17.2 Å². The van der Waals surface area contributed by atoms with Crippen molar-refractivity contribution in [3.05, 3.63) is 75.8 Å². The quantitative estimate of drug-likeness (QED) is 0.114. The Bertz CT molecular complexity index is 1620. The van der Waals surface area contributed by atoms with E-state index in [4.69, 9.17) is 9.47 Å². The van der Waals surface area contributed by atoms with Crippen LogP contribution in [0.3, 0.4) is 0 Å². The number of hydrogen-bond acceptors (Lipinski definition) is 7. The van der Waals surface area contributed by atoms with Crippen molar-refractivity contribution >= 4 is 35.5 Å². The van der Waals surface area contributed by atoms with Gasteiger partial charge in [0.2, 0.25) is 0 Å². The van der Waals surface area contributed by atoms with E-state index in [1.807, 2.05) is 6.92 Å². The van der Waals surface area contributed by atoms with Crippen LogP contribution in [0.2, 0.25) is 0 Å². The minimum atomic E-state index is -0.574. The number of phenolic OH excluding ortho intramolecular Hbond substituents is 1. The van der Waals surface area contributed by atoms with Gasteiger partial charge in [-0.05, 0) is 84.4 Å². The molecule has 0 amide bonds. The Balaban J connectivity index is 2.13. The van der Waals surface area contributed by atoms with Crippen molar-refractivity contribution < 1.29 is 24.2 Å². The molecular formula is C41H56O5S2. The molecule has 0 unspecified atom stereocenters. The number of thioether (sulfide) groups is 2. The minimum absolute atomic E-state index is 0.187. The maximum Gasteiger partial charge on any atom is 0.347 e. The molecule has 0 heterocycles. The Hall–Kier alpha value is -2.90. The molecule has 48 heavy (non-hydrogen) atoms. The Kier molecular flexibility index (Phi) is 11.4. The van der Waals surface area contributed by atoms with E-state index in [-0.39, 0.29) is 37.1 Å². The highest BCUT2D eigenvalue weighted by Crippen LogP contribution is 2.51. The monoisotopic (exact) mass is 692 g/mol. The highest BCUT2D eigenvalue weighted by atomic mass is 32.2. The smallest absolute Gasteiger partial charge is 0.347 e. The van der Waals surface area contributed by atoms with Gasteiger partial charge in [-0.2, -0.15) is 0 Å². The Labute approximate surface area is 298 Å². The van der Waals surface area contributed by atoms with Gasteiger partial charge in [0, 0.05) is 39.0 Å². The fourth-order valence-electron chi connectivity index (χ4n) is 5.47. The molecule has 0 aromatic heterocycles. The van der Waals surface area contributed by atoms with E-state index in [1.54, 1.807) is 41.7 Å². The summed E-state index contributed by atoms with van der Waals surface area (Å²) in [6.07, 6.45) is 0. The second kappa shape index (κ2) is 13.8. The normalized spacial score (nSPS) is 13.0. The summed E-state index contributed by atoms with van der Waals surface area (Å²) >= 11 is 3.55. The summed E-state index contributed by atoms with van der Waals surface area (Å²) < 4.78 is 11.4. The van der Waals surface area contributed by atoms with Crippen LogP contribution >= 0.6 is 23.5 Å². The highest BCUT2D eigenvalue weighted by Gasteiger charge is 2.33. The third-order valence-electron chi connectivity index (χ3n) is 7.91. The molecule has 1 N–H and O–H groups in total. The Morgan fingerprint density at radius 1 is 0.604 bits per heavy atom. The summed E-state index contributed by atoms with van der Waals surface area (Å²) in [6.45, 7) is 33.2. The predicted octanol–water partition coefficient (Wildman–Crippen LogP) is 11.7. The second-order valence-corrected chi connectivity index (χ2v) is 21.0. The van der Waals surface area contributed by atoms with Crippen LogP contribution in [0, 0.1) is 6.92 Å². The van der Waals surface area contributed by atoms with Gasteiger partial charge in [-0.15, -0.1) is 23.5 Å². The summed E-state index contributed by atoms with van der Waals surface area (Å²) in [5.74, 6) is 0.0260. The SMILES string of the molecule is CC(=O)Oc1cc(C)ccc1C(=O)Oc1c(C(C)(C)C)cc(SC(C)(C)Sc2cc(C(C)(C)C)c(O)c(C(C)(C)C)c2)cc1C(C)(C)C. The van der Waals surface area contributed by atoms with Crippen molar-refractivity contribution in [2.75, 3.05) is 0 Å². The predicted molar refractivity (Wildman–Crippen MR) is 203 cm³/mol. The van der Waals surface area contributed by atoms with E-state index < -0.39 is 11.9 Å². The molecule has 0 spiro atoms. The molecule has 0 atom stereocenters. The molecule has 3 rings (SSSR count). The third-order valence-corrected chi connectivity index (χ3v) is 10.3. The maximum atomic E-state index is 13.8. The number of carbonyl (C=O) groups excluding carboxylic acids is 2. The van der Waals surface area contributed by atoms with Crippen molar-refractivity contribution in [2.45, 2.75) is 146 Å². The fourth-order valence-corrected chi connectivity index (χ4v) is 8.06. The number of phenols is 1. The number of ether oxygens (including phenoxy) is 2. The zero-order valence-corrected chi connectivity index (χ0v) is 33.6. The van der Waals surface area contributed by atoms with Crippen molar-refractivity contribution in [2.24, 2.45) is 0 Å². The van der Waals surface area contributed by atoms with Gasteiger partial charge in [-0.3, -0.25) is 4.79 Å². The van der Waals surface area contributed by atoms with Crippen molar-refractivity contribution in [1.82, 2.24) is 0 Å². The number of hydrogen-bond donors (Lipinski definition) is 1. The van der Waals surface area contributed by atoms with Gasteiger partial charge in [0.1, 0.15) is 22.8 Å². The summed E-state index contributed by atoms with van der Waals surface area (Å²) in [5.41, 5.74) is 3.66. The molecule has 0 saturated carbocycles. The lowest BCUT2D eigenvalue weighted by Crippen LogP contribution is -2.23. The summed E-state index contributed by atoms with van der Waals surface area (Å²) in [4.78, 5) is 27.8. The second-order valence-electron chi connectivity index (χ2n) is 17.3. The van der Waals surface area contributed by atoms with E-state index >= 15 is 0 Å². The van der Waals surface area contributed by atoms with Gasteiger partial charge in [-0.25, -0.2) is 4.79 Å². The molecule has 262 valence electrons. The van der Waals surface area contributed by atoms with Crippen LogP contribution in [-0.4, -0.2) is 21.1 Å².